The maximum Gasteiger partial charge on any atom is 0.418 e. The lowest BCUT2D eigenvalue weighted by molar-refractivity contribution is -0.145. The third-order valence-corrected chi connectivity index (χ3v) is 8.96. The Morgan fingerprint density at radius 1 is 1.10 bits per heavy atom. The van der Waals surface area contributed by atoms with Crippen LogP contribution in [0.25, 0.3) is 0 Å². The number of benzene rings is 1. The number of fused-ring (bicyclic) bond motifs is 1. The van der Waals surface area contributed by atoms with Gasteiger partial charge in [0.2, 0.25) is 5.88 Å². The van der Waals surface area contributed by atoms with Gasteiger partial charge in [0.25, 0.3) is 0 Å². The van der Waals surface area contributed by atoms with E-state index in [2.05, 4.69) is 28.1 Å². The first-order valence-corrected chi connectivity index (χ1v) is 13.8. The van der Waals surface area contributed by atoms with Crippen LogP contribution in [0.15, 0.2) is 30.3 Å². The fourth-order valence-electron chi connectivity index (χ4n) is 6.46. The second kappa shape index (κ2) is 10.6. The van der Waals surface area contributed by atoms with Gasteiger partial charge in [-0.25, -0.2) is 4.98 Å². The molecular formula is C30H37F3N2O4. The van der Waals surface area contributed by atoms with Crippen molar-refractivity contribution in [2.45, 2.75) is 76.1 Å². The molecular weight excluding hydrogens is 509 g/mol. The summed E-state index contributed by atoms with van der Waals surface area (Å²) in [6.07, 6.45) is 0.935. The fourth-order valence-corrected chi connectivity index (χ4v) is 6.46. The van der Waals surface area contributed by atoms with Crippen molar-refractivity contribution < 1.29 is 32.2 Å². The number of aromatic nitrogens is 1. The summed E-state index contributed by atoms with van der Waals surface area (Å²) in [4.78, 5) is 18.6. The monoisotopic (exact) mass is 546 g/mol. The number of likely N-dealkylation sites (tertiary alicyclic amines) is 1. The lowest BCUT2D eigenvalue weighted by Gasteiger charge is -2.46. The number of halogens is 3. The molecule has 0 N–H and O–H groups in total. The number of esters is 1. The van der Waals surface area contributed by atoms with Gasteiger partial charge in [-0.3, -0.25) is 9.69 Å². The quantitative estimate of drug-likeness (QED) is 0.378. The Morgan fingerprint density at radius 2 is 1.82 bits per heavy atom. The van der Waals surface area contributed by atoms with E-state index in [1.807, 2.05) is 6.92 Å². The van der Waals surface area contributed by atoms with Gasteiger partial charge in [-0.05, 0) is 80.5 Å². The number of carbonyl (C=O) groups excluding carboxylic acids is 1. The molecule has 1 spiro atoms. The average molecular weight is 547 g/mol. The maximum atomic E-state index is 13.8. The molecule has 0 bridgehead atoms. The number of nitrogens with zero attached hydrogens (tertiary/aromatic N) is 2. The third-order valence-electron chi connectivity index (χ3n) is 8.96. The van der Waals surface area contributed by atoms with Crippen LogP contribution in [0.4, 0.5) is 13.2 Å². The lowest BCUT2D eigenvalue weighted by Crippen LogP contribution is -2.50. The van der Waals surface area contributed by atoms with Crippen LogP contribution in [-0.4, -0.2) is 48.8 Å². The normalized spacial score (nSPS) is 21.4. The molecule has 1 aromatic carbocycles. The van der Waals surface area contributed by atoms with Crippen LogP contribution in [0, 0.1) is 11.8 Å². The first kappa shape index (κ1) is 27.7. The van der Waals surface area contributed by atoms with Crippen LogP contribution in [0.1, 0.15) is 80.3 Å². The number of hydrogen-bond acceptors (Lipinski definition) is 6. The summed E-state index contributed by atoms with van der Waals surface area (Å²) in [6.45, 7) is 4.93. The van der Waals surface area contributed by atoms with Gasteiger partial charge in [-0.2, -0.15) is 13.2 Å². The molecule has 39 heavy (non-hydrogen) atoms. The second-order valence-corrected chi connectivity index (χ2v) is 11.3. The van der Waals surface area contributed by atoms with E-state index < -0.39 is 17.8 Å². The van der Waals surface area contributed by atoms with Crippen LogP contribution < -0.4 is 9.47 Å². The van der Waals surface area contributed by atoms with E-state index in [1.165, 1.54) is 20.3 Å². The number of aryl methyl sites for hydroxylation is 1. The summed E-state index contributed by atoms with van der Waals surface area (Å²) in [5.41, 5.74) is 1.19. The molecule has 0 amide bonds. The minimum absolute atomic E-state index is 0.0109. The first-order chi connectivity index (χ1) is 18.5. The summed E-state index contributed by atoms with van der Waals surface area (Å²) in [5.74, 6) is 1.21. The van der Waals surface area contributed by atoms with E-state index in [0.717, 1.165) is 61.5 Å². The van der Waals surface area contributed by atoms with Crippen molar-refractivity contribution >= 4 is 5.97 Å². The molecule has 1 saturated heterocycles. The summed E-state index contributed by atoms with van der Waals surface area (Å²) in [5, 5.41) is 0. The zero-order valence-electron chi connectivity index (χ0n) is 23.0. The van der Waals surface area contributed by atoms with Gasteiger partial charge >= 0.3 is 12.1 Å². The third kappa shape index (κ3) is 5.60. The van der Waals surface area contributed by atoms with Crippen molar-refractivity contribution in [1.29, 1.82) is 0 Å². The molecule has 1 aliphatic carbocycles. The molecule has 6 nitrogen and oxygen atoms in total. The van der Waals surface area contributed by atoms with E-state index >= 15 is 0 Å². The molecule has 2 aromatic rings. The highest BCUT2D eigenvalue weighted by Crippen LogP contribution is 2.49. The van der Waals surface area contributed by atoms with Crippen LogP contribution >= 0.6 is 0 Å². The number of rotatable bonds is 7. The van der Waals surface area contributed by atoms with E-state index in [-0.39, 0.29) is 35.0 Å². The van der Waals surface area contributed by atoms with Gasteiger partial charge in [0, 0.05) is 25.2 Å². The van der Waals surface area contributed by atoms with E-state index in [9.17, 15) is 18.0 Å². The smallest absolute Gasteiger partial charge is 0.418 e. The maximum absolute atomic E-state index is 13.8. The largest absolute Gasteiger partial charge is 0.487 e. The van der Waals surface area contributed by atoms with Crippen molar-refractivity contribution in [2.24, 2.45) is 11.8 Å². The number of pyridine rings is 1. The predicted molar refractivity (Wildman–Crippen MR) is 140 cm³/mol. The van der Waals surface area contributed by atoms with Crippen LogP contribution in [-0.2, 0) is 22.1 Å². The zero-order valence-corrected chi connectivity index (χ0v) is 23.0. The van der Waals surface area contributed by atoms with Crippen LogP contribution in [0.2, 0.25) is 0 Å². The summed E-state index contributed by atoms with van der Waals surface area (Å²) in [7, 11) is 2.84. The molecule has 3 heterocycles. The average Bonchev–Trinajstić information content (AvgIpc) is 3.77. The Balaban J connectivity index is 1.32. The topological polar surface area (TPSA) is 60.9 Å². The molecule has 0 unspecified atom stereocenters. The number of methoxy groups -OCH3 is 2. The molecule has 0 radical (unpaired) electrons. The Kier molecular flexibility index (Phi) is 7.57. The van der Waals surface area contributed by atoms with Gasteiger partial charge in [0.05, 0.1) is 31.4 Å². The molecule has 3 aliphatic rings. The van der Waals surface area contributed by atoms with Crippen LogP contribution in [0.3, 0.4) is 0 Å². The fraction of sp³-hybridized carbons (Fsp3) is 0.600. The van der Waals surface area contributed by atoms with Gasteiger partial charge < -0.3 is 14.2 Å². The first-order valence-electron chi connectivity index (χ1n) is 13.8. The van der Waals surface area contributed by atoms with Crippen molar-refractivity contribution in [2.75, 3.05) is 27.3 Å². The highest BCUT2D eigenvalue weighted by molar-refractivity contribution is 5.73. The molecule has 1 saturated carbocycles. The molecule has 5 rings (SSSR count). The molecule has 2 aliphatic heterocycles. The minimum Gasteiger partial charge on any atom is -0.487 e. The van der Waals surface area contributed by atoms with Crippen molar-refractivity contribution in [1.82, 2.24) is 9.88 Å². The van der Waals surface area contributed by atoms with E-state index in [4.69, 9.17) is 14.2 Å². The highest BCUT2D eigenvalue weighted by Gasteiger charge is 2.44. The molecule has 212 valence electrons. The molecule has 9 heteroatoms. The SMILES string of the molecule is COC(=O)[C@H](C)[C@H](c1ccc2c(c1)OC1(CC2)CCN([C@H](C)c2nc(OC)ccc2C(F)(F)F)CC1)C1CC1. The number of piperidine rings is 1. The number of hydrogen-bond donors (Lipinski definition) is 0. The molecule has 2 fully saturated rings. The minimum atomic E-state index is -4.49. The number of ether oxygens (including phenoxy) is 3. The van der Waals surface area contributed by atoms with Crippen LogP contribution in [0.5, 0.6) is 11.6 Å². The predicted octanol–water partition coefficient (Wildman–Crippen LogP) is 6.33. The zero-order chi connectivity index (χ0) is 27.9. The molecule has 3 atom stereocenters. The number of carbonyl (C=O) groups is 1. The lowest BCUT2D eigenvalue weighted by atomic mass is 9.80. The van der Waals surface area contributed by atoms with E-state index in [1.54, 1.807) is 6.92 Å². The second-order valence-electron chi connectivity index (χ2n) is 11.3. The van der Waals surface area contributed by atoms with E-state index in [0.29, 0.717) is 19.0 Å². The summed E-state index contributed by atoms with van der Waals surface area (Å²) < 4.78 is 58.1. The standard InChI is InChI=1S/C30H37F3N2O4/c1-18(28(36)38-4)26(21-6-7-21)22-8-5-20-11-12-29(39-24(20)17-22)13-15-35(16-14-29)19(2)27-23(30(31,32)33)9-10-25(34-27)37-3/h5,8-10,17-19,21,26H,6-7,11-16H2,1-4H3/t18-,19-,26+/m1/s1. The van der Waals surface area contributed by atoms with Gasteiger partial charge in [-0.15, -0.1) is 0 Å². The Bertz CT molecular complexity index is 1210. The Labute approximate surface area is 227 Å². The van der Waals surface area contributed by atoms with Crippen molar-refractivity contribution in [3.05, 3.63) is 52.7 Å². The Morgan fingerprint density at radius 3 is 2.44 bits per heavy atom. The summed E-state index contributed by atoms with van der Waals surface area (Å²) >= 11 is 0. The van der Waals surface area contributed by atoms with Gasteiger partial charge in [0.15, 0.2) is 0 Å². The van der Waals surface area contributed by atoms with Crippen molar-refractivity contribution in [3.8, 4) is 11.6 Å². The number of alkyl halides is 3. The summed E-state index contributed by atoms with van der Waals surface area (Å²) in [6, 6.07) is 8.16. The van der Waals surface area contributed by atoms with Gasteiger partial charge in [0.1, 0.15) is 11.4 Å². The highest BCUT2D eigenvalue weighted by atomic mass is 19.4. The van der Waals surface area contributed by atoms with Crippen molar-refractivity contribution in [3.63, 3.8) is 0 Å². The Hall–Kier alpha value is -2.81. The van der Waals surface area contributed by atoms with Gasteiger partial charge in [-0.1, -0.05) is 19.1 Å². The molecule has 1 aromatic heterocycles.